The summed E-state index contributed by atoms with van der Waals surface area (Å²) >= 11 is 0. The van der Waals surface area contributed by atoms with Crippen LogP contribution in [0, 0.1) is 0 Å². The minimum Gasteiger partial charge on any atom is -0.497 e. The Kier molecular flexibility index (Phi) is 2.37. The van der Waals surface area contributed by atoms with E-state index in [1.165, 1.54) is 0 Å². The SMILES string of the molecule is COc1ccc2oc(-c3ccc(N)cn3)nc2c1. The van der Waals surface area contributed by atoms with Crippen LogP contribution in [0.2, 0.25) is 0 Å². The lowest BCUT2D eigenvalue weighted by molar-refractivity contribution is 0.415. The molecule has 0 spiro atoms. The molecule has 90 valence electrons. The lowest BCUT2D eigenvalue weighted by atomic mass is 10.3. The van der Waals surface area contributed by atoms with E-state index in [0.29, 0.717) is 22.9 Å². The highest BCUT2D eigenvalue weighted by Crippen LogP contribution is 2.25. The van der Waals surface area contributed by atoms with Gasteiger partial charge in [-0.1, -0.05) is 0 Å². The maximum Gasteiger partial charge on any atom is 0.246 e. The van der Waals surface area contributed by atoms with Gasteiger partial charge in [-0.15, -0.1) is 0 Å². The molecule has 2 heterocycles. The van der Waals surface area contributed by atoms with Gasteiger partial charge in [-0.25, -0.2) is 9.97 Å². The molecule has 0 aliphatic rings. The van der Waals surface area contributed by atoms with Crippen LogP contribution >= 0.6 is 0 Å². The van der Waals surface area contributed by atoms with Gasteiger partial charge in [0.2, 0.25) is 5.89 Å². The lowest BCUT2D eigenvalue weighted by Crippen LogP contribution is -1.87. The summed E-state index contributed by atoms with van der Waals surface area (Å²) in [5, 5.41) is 0. The van der Waals surface area contributed by atoms with E-state index < -0.39 is 0 Å². The highest BCUT2D eigenvalue weighted by atomic mass is 16.5. The molecule has 3 rings (SSSR count). The van der Waals surface area contributed by atoms with Crippen molar-refractivity contribution in [1.29, 1.82) is 0 Å². The van der Waals surface area contributed by atoms with Crippen LogP contribution in [0.25, 0.3) is 22.7 Å². The van der Waals surface area contributed by atoms with Crippen LogP contribution in [0.15, 0.2) is 40.9 Å². The molecule has 0 saturated carbocycles. The highest BCUT2D eigenvalue weighted by Gasteiger charge is 2.09. The third-order valence-electron chi connectivity index (χ3n) is 2.60. The number of methoxy groups -OCH3 is 1. The highest BCUT2D eigenvalue weighted by molar-refractivity contribution is 5.77. The van der Waals surface area contributed by atoms with E-state index in [1.54, 1.807) is 25.4 Å². The molecule has 5 nitrogen and oxygen atoms in total. The minimum absolute atomic E-state index is 0.471. The van der Waals surface area contributed by atoms with Crippen molar-refractivity contribution in [1.82, 2.24) is 9.97 Å². The van der Waals surface area contributed by atoms with Crippen molar-refractivity contribution in [3.63, 3.8) is 0 Å². The number of benzene rings is 1. The number of anilines is 1. The molecule has 0 aliphatic carbocycles. The normalized spacial score (nSPS) is 10.7. The second-order valence-corrected chi connectivity index (χ2v) is 3.83. The van der Waals surface area contributed by atoms with Gasteiger partial charge in [-0.05, 0) is 24.3 Å². The molecule has 0 atom stereocenters. The van der Waals surface area contributed by atoms with Gasteiger partial charge in [0.05, 0.1) is 19.0 Å². The summed E-state index contributed by atoms with van der Waals surface area (Å²) in [7, 11) is 1.61. The third kappa shape index (κ3) is 1.75. The van der Waals surface area contributed by atoms with Crippen LogP contribution in [0.3, 0.4) is 0 Å². The first-order chi connectivity index (χ1) is 8.76. The Morgan fingerprint density at radius 3 is 2.83 bits per heavy atom. The molecule has 0 aliphatic heterocycles. The molecule has 5 heteroatoms. The summed E-state index contributed by atoms with van der Waals surface area (Å²) in [6, 6.07) is 9.00. The van der Waals surface area contributed by atoms with Gasteiger partial charge in [0.1, 0.15) is 17.0 Å². The quantitative estimate of drug-likeness (QED) is 0.746. The molecule has 0 amide bonds. The van der Waals surface area contributed by atoms with Crippen molar-refractivity contribution in [3.05, 3.63) is 36.5 Å². The zero-order valence-corrected chi connectivity index (χ0v) is 9.75. The number of pyridine rings is 1. The Bertz CT molecular complexity index is 689. The summed E-state index contributed by atoms with van der Waals surface area (Å²) in [5.41, 5.74) is 8.29. The van der Waals surface area contributed by atoms with Gasteiger partial charge < -0.3 is 14.9 Å². The first-order valence-corrected chi connectivity index (χ1v) is 5.43. The molecule has 0 radical (unpaired) electrons. The summed E-state index contributed by atoms with van der Waals surface area (Å²) < 4.78 is 10.8. The van der Waals surface area contributed by atoms with E-state index in [-0.39, 0.29) is 0 Å². The van der Waals surface area contributed by atoms with Crippen molar-refractivity contribution in [2.75, 3.05) is 12.8 Å². The first kappa shape index (κ1) is 10.6. The van der Waals surface area contributed by atoms with E-state index in [4.69, 9.17) is 14.9 Å². The van der Waals surface area contributed by atoms with Crippen LogP contribution in [-0.2, 0) is 0 Å². The molecule has 0 saturated heterocycles. The van der Waals surface area contributed by atoms with E-state index in [9.17, 15) is 0 Å². The molecule has 2 N–H and O–H groups in total. The Labute approximate surface area is 103 Å². The van der Waals surface area contributed by atoms with Gasteiger partial charge in [0.25, 0.3) is 0 Å². The van der Waals surface area contributed by atoms with Gasteiger partial charge in [-0.3, -0.25) is 0 Å². The van der Waals surface area contributed by atoms with Crippen molar-refractivity contribution in [2.24, 2.45) is 0 Å². The number of oxazole rings is 1. The number of rotatable bonds is 2. The van der Waals surface area contributed by atoms with Crippen molar-refractivity contribution >= 4 is 16.8 Å². The first-order valence-electron chi connectivity index (χ1n) is 5.43. The number of aromatic nitrogens is 2. The van der Waals surface area contributed by atoms with Gasteiger partial charge in [0, 0.05) is 6.07 Å². The van der Waals surface area contributed by atoms with Gasteiger partial charge >= 0.3 is 0 Å². The van der Waals surface area contributed by atoms with Crippen LogP contribution in [0.5, 0.6) is 5.75 Å². The Hall–Kier alpha value is -2.56. The van der Waals surface area contributed by atoms with Crippen LogP contribution < -0.4 is 10.5 Å². The van der Waals surface area contributed by atoms with Crippen molar-refractivity contribution < 1.29 is 9.15 Å². The molecular weight excluding hydrogens is 230 g/mol. The van der Waals surface area contributed by atoms with Gasteiger partial charge in [0.15, 0.2) is 5.58 Å². The number of ether oxygens (including phenoxy) is 1. The number of hydrogen-bond acceptors (Lipinski definition) is 5. The lowest BCUT2D eigenvalue weighted by Gasteiger charge is -1.95. The second kappa shape index (κ2) is 4.03. The van der Waals surface area contributed by atoms with E-state index in [2.05, 4.69) is 9.97 Å². The predicted octanol–water partition coefficient (Wildman–Crippen LogP) is 2.48. The Morgan fingerprint density at radius 1 is 1.22 bits per heavy atom. The zero-order valence-electron chi connectivity index (χ0n) is 9.75. The Balaban J connectivity index is 2.10. The van der Waals surface area contributed by atoms with E-state index >= 15 is 0 Å². The van der Waals surface area contributed by atoms with E-state index in [1.807, 2.05) is 18.2 Å². The molecule has 18 heavy (non-hydrogen) atoms. The number of nitrogens with two attached hydrogens (primary N) is 1. The predicted molar refractivity (Wildman–Crippen MR) is 68.2 cm³/mol. The van der Waals surface area contributed by atoms with Crippen molar-refractivity contribution in [3.8, 4) is 17.3 Å². The summed E-state index contributed by atoms with van der Waals surface area (Å²) in [5.74, 6) is 1.21. The average molecular weight is 241 g/mol. The third-order valence-corrected chi connectivity index (χ3v) is 2.60. The molecule has 3 aromatic rings. The fourth-order valence-corrected chi connectivity index (χ4v) is 1.68. The van der Waals surface area contributed by atoms with Crippen LogP contribution in [0.1, 0.15) is 0 Å². The number of fused-ring (bicyclic) bond motifs is 1. The summed E-state index contributed by atoms with van der Waals surface area (Å²) in [6.07, 6.45) is 1.57. The van der Waals surface area contributed by atoms with Gasteiger partial charge in [-0.2, -0.15) is 0 Å². The maximum atomic E-state index is 5.62. The number of hydrogen-bond donors (Lipinski definition) is 1. The van der Waals surface area contributed by atoms with Crippen LogP contribution in [0.4, 0.5) is 5.69 Å². The molecule has 2 aromatic heterocycles. The monoisotopic (exact) mass is 241 g/mol. The second-order valence-electron chi connectivity index (χ2n) is 3.83. The topological polar surface area (TPSA) is 74.2 Å². The molecule has 1 aromatic carbocycles. The fraction of sp³-hybridized carbons (Fsp3) is 0.0769. The molecule has 0 unspecified atom stereocenters. The minimum atomic E-state index is 0.471. The molecule has 0 bridgehead atoms. The molecular formula is C13H11N3O2. The zero-order chi connectivity index (χ0) is 12.5. The van der Waals surface area contributed by atoms with Crippen molar-refractivity contribution in [2.45, 2.75) is 0 Å². The smallest absolute Gasteiger partial charge is 0.246 e. The number of nitrogens with zero attached hydrogens (tertiary/aromatic N) is 2. The summed E-state index contributed by atoms with van der Waals surface area (Å²) in [6.45, 7) is 0. The number of nitrogen functional groups attached to an aromatic ring is 1. The Morgan fingerprint density at radius 2 is 2.11 bits per heavy atom. The molecule has 0 fully saturated rings. The van der Waals surface area contributed by atoms with E-state index in [0.717, 1.165) is 11.3 Å². The average Bonchev–Trinajstić information content (AvgIpc) is 2.82. The fourth-order valence-electron chi connectivity index (χ4n) is 1.68. The summed E-state index contributed by atoms with van der Waals surface area (Å²) in [4.78, 5) is 8.55. The maximum absolute atomic E-state index is 5.62. The largest absolute Gasteiger partial charge is 0.497 e. The standard InChI is InChI=1S/C13H11N3O2/c1-17-9-3-5-12-11(6-9)16-13(18-12)10-4-2-8(14)7-15-10/h2-7H,14H2,1H3. The van der Waals surface area contributed by atoms with Crippen LogP contribution in [-0.4, -0.2) is 17.1 Å².